The lowest BCUT2D eigenvalue weighted by molar-refractivity contribution is 0.0732. The van der Waals surface area contributed by atoms with E-state index >= 15 is 0 Å². The lowest BCUT2D eigenvalue weighted by Crippen LogP contribution is -2.10. The molecule has 1 heterocycles. The van der Waals surface area contributed by atoms with Gasteiger partial charge in [-0.3, -0.25) is 4.79 Å². The maximum Gasteiger partial charge on any atom is 0.343 e. The Morgan fingerprint density at radius 3 is 2.24 bits per heavy atom. The molecule has 0 saturated carbocycles. The van der Waals surface area contributed by atoms with Crippen molar-refractivity contribution in [2.45, 2.75) is 26.7 Å². The fourth-order valence-electron chi connectivity index (χ4n) is 3.73. The zero-order valence-corrected chi connectivity index (χ0v) is 19.8. The molecule has 0 atom stereocenters. The van der Waals surface area contributed by atoms with Crippen molar-refractivity contribution < 1.29 is 28.5 Å². The van der Waals surface area contributed by atoms with Crippen LogP contribution >= 0.6 is 0 Å². The van der Waals surface area contributed by atoms with Crippen LogP contribution in [-0.4, -0.2) is 26.0 Å². The summed E-state index contributed by atoms with van der Waals surface area (Å²) in [6.07, 6.45) is 1.72. The summed E-state index contributed by atoms with van der Waals surface area (Å²) in [5.74, 6) is 1.54. The van der Waals surface area contributed by atoms with Crippen molar-refractivity contribution in [2.24, 2.45) is 0 Å². The van der Waals surface area contributed by atoms with E-state index in [2.05, 4.69) is 13.8 Å². The maximum atomic E-state index is 12.9. The van der Waals surface area contributed by atoms with Crippen molar-refractivity contribution in [2.75, 3.05) is 14.2 Å². The number of allylic oxidation sites excluding steroid dienone is 1. The van der Waals surface area contributed by atoms with Gasteiger partial charge in [0, 0.05) is 5.56 Å². The number of carbonyl (C=O) groups is 2. The van der Waals surface area contributed by atoms with Crippen LogP contribution in [0, 0.1) is 6.92 Å². The summed E-state index contributed by atoms with van der Waals surface area (Å²) in [7, 11) is 3.02. The van der Waals surface area contributed by atoms with Gasteiger partial charge < -0.3 is 18.9 Å². The van der Waals surface area contributed by atoms with Crippen molar-refractivity contribution in [1.82, 2.24) is 0 Å². The average Bonchev–Trinajstić information content (AvgIpc) is 3.16. The number of fused-ring (bicyclic) bond motifs is 1. The number of methoxy groups -OCH3 is 2. The third-order valence-electron chi connectivity index (χ3n) is 5.76. The van der Waals surface area contributed by atoms with Gasteiger partial charge in [0.1, 0.15) is 11.5 Å². The smallest absolute Gasteiger partial charge is 0.343 e. The molecule has 174 valence electrons. The number of benzene rings is 3. The highest BCUT2D eigenvalue weighted by Crippen LogP contribution is 2.39. The SMILES string of the molecule is COc1ccc(C(=O)Oc2ccc3c(c2C)O/C(=C\c2ccc(C(C)C)cc2)C3=O)cc1OC. The molecule has 0 bridgehead atoms. The highest BCUT2D eigenvalue weighted by molar-refractivity contribution is 6.15. The van der Waals surface area contributed by atoms with E-state index in [1.54, 1.807) is 43.3 Å². The van der Waals surface area contributed by atoms with Crippen LogP contribution in [0.1, 0.15) is 57.2 Å². The summed E-state index contributed by atoms with van der Waals surface area (Å²) >= 11 is 0. The second-order valence-electron chi connectivity index (χ2n) is 8.29. The summed E-state index contributed by atoms with van der Waals surface area (Å²) < 4.78 is 22.0. The Hall–Kier alpha value is -4.06. The Morgan fingerprint density at radius 1 is 0.912 bits per heavy atom. The number of esters is 1. The van der Waals surface area contributed by atoms with E-state index < -0.39 is 5.97 Å². The van der Waals surface area contributed by atoms with Crippen molar-refractivity contribution in [1.29, 1.82) is 0 Å². The molecule has 4 rings (SSSR count). The van der Waals surface area contributed by atoms with Crippen molar-refractivity contribution in [3.63, 3.8) is 0 Å². The summed E-state index contributed by atoms with van der Waals surface area (Å²) in [5.41, 5.74) is 3.41. The Bertz CT molecular complexity index is 1280. The van der Waals surface area contributed by atoms with Crippen LogP contribution in [0.4, 0.5) is 0 Å². The Balaban J connectivity index is 1.57. The molecular weight excluding hydrogens is 432 g/mol. The number of carbonyl (C=O) groups excluding carboxylic acids is 2. The Morgan fingerprint density at radius 2 is 1.59 bits per heavy atom. The normalized spacial score (nSPS) is 13.6. The minimum absolute atomic E-state index is 0.205. The van der Waals surface area contributed by atoms with E-state index in [1.807, 2.05) is 24.3 Å². The molecular formula is C28H26O6. The predicted molar refractivity (Wildman–Crippen MR) is 129 cm³/mol. The third kappa shape index (κ3) is 4.39. The van der Waals surface area contributed by atoms with E-state index in [9.17, 15) is 9.59 Å². The molecule has 0 fully saturated rings. The molecule has 0 aliphatic carbocycles. The van der Waals surface area contributed by atoms with Gasteiger partial charge in [0.05, 0.1) is 25.3 Å². The van der Waals surface area contributed by atoms with Crippen molar-refractivity contribution in [3.05, 3.63) is 88.2 Å². The van der Waals surface area contributed by atoms with E-state index in [4.69, 9.17) is 18.9 Å². The predicted octanol–water partition coefficient (Wildman–Crippen LogP) is 5.97. The Labute approximate surface area is 198 Å². The van der Waals surface area contributed by atoms with Crippen LogP contribution in [0.3, 0.4) is 0 Å². The van der Waals surface area contributed by atoms with Gasteiger partial charge in [0.2, 0.25) is 5.78 Å². The minimum atomic E-state index is -0.561. The van der Waals surface area contributed by atoms with Gasteiger partial charge in [-0.05, 0) is 60.4 Å². The molecule has 0 aromatic heterocycles. The van der Waals surface area contributed by atoms with Crippen LogP contribution in [0.25, 0.3) is 6.08 Å². The number of hydrogen-bond acceptors (Lipinski definition) is 6. The molecule has 3 aromatic carbocycles. The molecule has 0 saturated heterocycles. The van der Waals surface area contributed by atoms with Crippen LogP contribution in [-0.2, 0) is 0 Å². The summed E-state index contributed by atoms with van der Waals surface area (Å²) in [6, 6.07) is 16.0. The quantitative estimate of drug-likeness (QED) is 0.257. The van der Waals surface area contributed by atoms with Crippen LogP contribution in [0.2, 0.25) is 0 Å². The van der Waals surface area contributed by atoms with Gasteiger partial charge in [0.25, 0.3) is 0 Å². The first-order chi connectivity index (χ1) is 16.3. The van der Waals surface area contributed by atoms with E-state index in [0.717, 1.165) is 5.56 Å². The van der Waals surface area contributed by atoms with E-state index in [0.29, 0.717) is 45.6 Å². The molecule has 6 heteroatoms. The van der Waals surface area contributed by atoms with Gasteiger partial charge in [0.15, 0.2) is 17.3 Å². The van der Waals surface area contributed by atoms with Gasteiger partial charge in [-0.1, -0.05) is 38.1 Å². The minimum Gasteiger partial charge on any atom is -0.493 e. The maximum absolute atomic E-state index is 12.9. The number of ether oxygens (including phenoxy) is 4. The lowest BCUT2D eigenvalue weighted by atomic mass is 10.0. The number of Topliss-reactive ketones (excluding diaryl/α,β-unsaturated/α-hetero) is 1. The van der Waals surface area contributed by atoms with E-state index in [1.165, 1.54) is 19.8 Å². The molecule has 0 radical (unpaired) electrons. The summed E-state index contributed by atoms with van der Waals surface area (Å²) in [6.45, 7) is 6.02. The van der Waals surface area contributed by atoms with E-state index in [-0.39, 0.29) is 11.5 Å². The van der Waals surface area contributed by atoms with Gasteiger partial charge in [-0.25, -0.2) is 4.79 Å². The van der Waals surface area contributed by atoms with Crippen LogP contribution in [0.15, 0.2) is 60.4 Å². The number of ketones is 1. The van der Waals surface area contributed by atoms with Gasteiger partial charge in [-0.2, -0.15) is 0 Å². The molecule has 3 aromatic rings. The lowest BCUT2D eigenvalue weighted by Gasteiger charge is -2.12. The number of rotatable bonds is 6. The fourth-order valence-corrected chi connectivity index (χ4v) is 3.73. The highest BCUT2D eigenvalue weighted by atomic mass is 16.5. The largest absolute Gasteiger partial charge is 0.493 e. The third-order valence-corrected chi connectivity index (χ3v) is 5.76. The zero-order chi connectivity index (χ0) is 24.4. The molecule has 0 unspecified atom stereocenters. The summed E-state index contributed by atoms with van der Waals surface area (Å²) in [5, 5.41) is 0. The highest BCUT2D eigenvalue weighted by Gasteiger charge is 2.30. The van der Waals surface area contributed by atoms with Gasteiger partial charge in [-0.15, -0.1) is 0 Å². The van der Waals surface area contributed by atoms with Crippen LogP contribution in [0.5, 0.6) is 23.0 Å². The first-order valence-electron chi connectivity index (χ1n) is 10.9. The molecule has 1 aliphatic rings. The zero-order valence-electron chi connectivity index (χ0n) is 19.8. The molecule has 6 nitrogen and oxygen atoms in total. The fraction of sp³-hybridized carbons (Fsp3) is 0.214. The second kappa shape index (κ2) is 9.43. The van der Waals surface area contributed by atoms with Gasteiger partial charge >= 0.3 is 5.97 Å². The number of hydrogen-bond donors (Lipinski definition) is 0. The second-order valence-corrected chi connectivity index (χ2v) is 8.29. The molecule has 0 N–H and O–H groups in total. The molecule has 0 amide bonds. The Kier molecular flexibility index (Phi) is 6.41. The molecule has 1 aliphatic heterocycles. The topological polar surface area (TPSA) is 71.1 Å². The standard InChI is InChI=1S/C28H26O6/c1-16(2)19-8-6-18(7-9-19)14-25-26(29)21-11-13-22(17(3)27(21)33-25)34-28(30)20-10-12-23(31-4)24(15-20)32-5/h6-16H,1-5H3/b25-14-. The van der Waals surface area contributed by atoms with Crippen LogP contribution < -0.4 is 18.9 Å². The first kappa shape index (κ1) is 23.1. The summed E-state index contributed by atoms with van der Waals surface area (Å²) in [4.78, 5) is 25.6. The molecule has 34 heavy (non-hydrogen) atoms. The monoisotopic (exact) mass is 458 g/mol. The van der Waals surface area contributed by atoms with Crippen molar-refractivity contribution in [3.8, 4) is 23.0 Å². The first-order valence-corrected chi connectivity index (χ1v) is 10.9. The van der Waals surface area contributed by atoms with Crippen molar-refractivity contribution >= 4 is 17.8 Å². The molecule has 0 spiro atoms. The average molecular weight is 459 g/mol.